The summed E-state index contributed by atoms with van der Waals surface area (Å²) in [5.74, 6) is -0.788. The molecule has 11 heteroatoms. The number of hydrogen-bond donors (Lipinski definition) is 3. The van der Waals surface area contributed by atoms with Crippen LogP contribution in [0.15, 0.2) is 23.1 Å². The lowest BCUT2D eigenvalue weighted by atomic mass is 9.89. The topological polar surface area (TPSA) is 118 Å². The molecule has 3 N–H and O–H groups in total. The lowest BCUT2D eigenvalue weighted by Gasteiger charge is -2.25. The van der Waals surface area contributed by atoms with E-state index in [-0.39, 0.29) is 33.8 Å². The number of aromatic nitrogens is 1. The normalized spacial score (nSPS) is 15.2. The molecule has 0 radical (unpaired) electrons. The van der Waals surface area contributed by atoms with E-state index in [0.29, 0.717) is 35.7 Å². The van der Waals surface area contributed by atoms with Gasteiger partial charge in [-0.3, -0.25) is 9.59 Å². The van der Waals surface area contributed by atoms with Crippen molar-refractivity contribution in [1.29, 1.82) is 0 Å². The molecule has 1 aromatic carbocycles. The van der Waals surface area contributed by atoms with Crippen LogP contribution in [0.25, 0.3) is 11.3 Å². The van der Waals surface area contributed by atoms with Crippen molar-refractivity contribution in [1.82, 2.24) is 14.6 Å². The standard InChI is InChI=1S/C30H43Cl2N3O5S/c1-7-30(5,6)34-41(39,40)24-14-13-21(25(31)26(24)32)23-17-22(27(36)33-16-15-29(3,4)28(37)38)19(2)35(23)18-20-11-9-8-10-12-20/h13-14,17,20,34H,7-12,15-16,18H2,1-6H3,(H,33,36)(H,37,38). The largest absolute Gasteiger partial charge is 0.481 e. The molecule has 0 atom stereocenters. The number of carbonyl (C=O) groups is 2. The lowest BCUT2D eigenvalue weighted by molar-refractivity contribution is -0.147. The molecule has 1 aliphatic rings. The van der Waals surface area contributed by atoms with Gasteiger partial charge in [0.1, 0.15) is 4.90 Å². The van der Waals surface area contributed by atoms with Crippen molar-refractivity contribution in [2.24, 2.45) is 11.3 Å². The summed E-state index contributed by atoms with van der Waals surface area (Å²) in [7, 11) is -3.94. The third-order valence-electron chi connectivity index (χ3n) is 8.30. The quantitative estimate of drug-likeness (QED) is 0.233. The zero-order chi connectivity index (χ0) is 30.8. The number of benzene rings is 1. The van der Waals surface area contributed by atoms with Gasteiger partial charge < -0.3 is 15.0 Å². The van der Waals surface area contributed by atoms with Crippen molar-refractivity contribution in [2.75, 3.05) is 6.54 Å². The summed E-state index contributed by atoms with van der Waals surface area (Å²) in [5, 5.41) is 12.3. The van der Waals surface area contributed by atoms with E-state index in [1.807, 2.05) is 13.8 Å². The minimum absolute atomic E-state index is 0.0754. The number of carbonyl (C=O) groups excluding carboxylic acids is 1. The van der Waals surface area contributed by atoms with E-state index >= 15 is 0 Å². The fraction of sp³-hybridized carbons (Fsp3) is 0.600. The summed E-state index contributed by atoms with van der Waals surface area (Å²) < 4.78 is 31.1. The molecule has 0 aliphatic heterocycles. The number of carboxylic acid groups (broad SMARTS) is 1. The molecule has 1 heterocycles. The molecule has 0 bridgehead atoms. The van der Waals surface area contributed by atoms with Crippen LogP contribution in [0.5, 0.6) is 0 Å². The molecule has 8 nitrogen and oxygen atoms in total. The van der Waals surface area contributed by atoms with Gasteiger partial charge in [-0.2, -0.15) is 0 Å². The van der Waals surface area contributed by atoms with E-state index in [4.69, 9.17) is 23.2 Å². The highest BCUT2D eigenvalue weighted by atomic mass is 35.5. The van der Waals surface area contributed by atoms with Crippen LogP contribution in [0.3, 0.4) is 0 Å². The van der Waals surface area contributed by atoms with Gasteiger partial charge >= 0.3 is 5.97 Å². The molecule has 228 valence electrons. The van der Waals surface area contributed by atoms with Crippen molar-refractivity contribution in [2.45, 2.75) is 103 Å². The zero-order valence-electron chi connectivity index (χ0n) is 24.9. The van der Waals surface area contributed by atoms with E-state index in [1.165, 1.54) is 12.5 Å². The van der Waals surface area contributed by atoms with Gasteiger partial charge in [0.25, 0.3) is 5.91 Å². The predicted molar refractivity (Wildman–Crippen MR) is 164 cm³/mol. The fourth-order valence-corrected chi connectivity index (χ4v) is 7.43. The first-order valence-corrected chi connectivity index (χ1v) is 16.5. The summed E-state index contributed by atoms with van der Waals surface area (Å²) in [6, 6.07) is 4.86. The molecule has 0 spiro atoms. The summed E-state index contributed by atoms with van der Waals surface area (Å²) in [6.07, 6.45) is 6.58. The first-order valence-electron chi connectivity index (χ1n) is 14.2. The number of nitrogens with one attached hydrogen (secondary N) is 2. The summed E-state index contributed by atoms with van der Waals surface area (Å²) in [4.78, 5) is 24.7. The minimum Gasteiger partial charge on any atom is -0.481 e. The highest BCUT2D eigenvalue weighted by molar-refractivity contribution is 7.89. The summed E-state index contributed by atoms with van der Waals surface area (Å²) >= 11 is 13.4. The highest BCUT2D eigenvalue weighted by Crippen LogP contribution is 2.40. The average Bonchev–Trinajstić information content (AvgIpc) is 3.20. The SMILES string of the molecule is CCC(C)(C)NS(=O)(=O)c1ccc(-c2cc(C(=O)NCCC(C)(C)C(=O)O)c(C)n2CC2CCCCC2)c(Cl)c1Cl. The van der Waals surface area contributed by atoms with Crippen LogP contribution < -0.4 is 10.0 Å². The van der Waals surface area contributed by atoms with Crippen molar-refractivity contribution >= 4 is 45.1 Å². The van der Waals surface area contributed by atoms with Crippen molar-refractivity contribution in [3.63, 3.8) is 0 Å². The molecule has 0 saturated heterocycles. The maximum Gasteiger partial charge on any atom is 0.309 e. The summed E-state index contributed by atoms with van der Waals surface area (Å²) in [5.41, 5.74) is 0.807. The van der Waals surface area contributed by atoms with Crippen LogP contribution in [-0.4, -0.2) is 42.1 Å². The van der Waals surface area contributed by atoms with Gasteiger partial charge in [-0.05, 0) is 84.4 Å². The zero-order valence-corrected chi connectivity index (χ0v) is 27.2. The van der Waals surface area contributed by atoms with Gasteiger partial charge in [-0.15, -0.1) is 0 Å². The lowest BCUT2D eigenvalue weighted by Crippen LogP contribution is -2.42. The van der Waals surface area contributed by atoms with E-state index < -0.39 is 26.9 Å². The maximum atomic E-state index is 13.3. The first-order chi connectivity index (χ1) is 19.0. The second kappa shape index (κ2) is 13.1. The number of hydrogen-bond acceptors (Lipinski definition) is 4. The van der Waals surface area contributed by atoms with Gasteiger partial charge in [-0.1, -0.05) is 49.4 Å². The number of aliphatic carboxylic acids is 1. The Morgan fingerprint density at radius 2 is 1.71 bits per heavy atom. The second-order valence-corrected chi connectivity index (χ2v) is 14.8. The molecule has 2 aromatic rings. The third kappa shape index (κ3) is 7.86. The van der Waals surface area contributed by atoms with E-state index in [0.717, 1.165) is 31.4 Å². The molecule has 1 amide bonds. The van der Waals surface area contributed by atoms with Gasteiger partial charge in [0.2, 0.25) is 10.0 Å². The Kier molecular flexibility index (Phi) is 10.7. The first kappa shape index (κ1) is 33.4. The smallest absolute Gasteiger partial charge is 0.309 e. The number of carboxylic acids is 1. The van der Waals surface area contributed by atoms with Gasteiger partial charge in [-0.25, -0.2) is 13.1 Å². The van der Waals surface area contributed by atoms with Crippen LogP contribution >= 0.6 is 23.2 Å². The fourth-order valence-electron chi connectivity index (χ4n) is 5.08. The monoisotopic (exact) mass is 627 g/mol. The Morgan fingerprint density at radius 1 is 1.07 bits per heavy atom. The van der Waals surface area contributed by atoms with E-state index in [2.05, 4.69) is 14.6 Å². The Balaban J connectivity index is 2.02. The van der Waals surface area contributed by atoms with Crippen molar-refractivity contribution < 1.29 is 23.1 Å². The van der Waals surface area contributed by atoms with Gasteiger partial charge in [0.05, 0.1) is 26.7 Å². The highest BCUT2D eigenvalue weighted by Gasteiger charge is 2.30. The molecule has 0 unspecified atom stereocenters. The van der Waals surface area contributed by atoms with Crippen LogP contribution in [-0.2, 0) is 21.4 Å². The van der Waals surface area contributed by atoms with Crippen molar-refractivity contribution in [3.8, 4) is 11.3 Å². The number of rotatable bonds is 12. The molecule has 1 aromatic heterocycles. The molecular weight excluding hydrogens is 585 g/mol. The van der Waals surface area contributed by atoms with Crippen LogP contribution in [0.1, 0.15) is 95.6 Å². The Labute approximate surface area is 254 Å². The van der Waals surface area contributed by atoms with Crippen LogP contribution in [0, 0.1) is 18.3 Å². The molecule has 1 saturated carbocycles. The van der Waals surface area contributed by atoms with Gasteiger partial charge in [0.15, 0.2) is 0 Å². The Bertz CT molecular complexity index is 1390. The number of amides is 1. The molecular formula is C30H43Cl2N3O5S. The van der Waals surface area contributed by atoms with Gasteiger partial charge in [0, 0.05) is 29.9 Å². The number of nitrogens with zero attached hydrogens (tertiary/aromatic N) is 1. The molecule has 3 rings (SSSR count). The Morgan fingerprint density at radius 3 is 2.29 bits per heavy atom. The average molecular weight is 629 g/mol. The van der Waals surface area contributed by atoms with Crippen LogP contribution in [0.2, 0.25) is 10.0 Å². The molecule has 41 heavy (non-hydrogen) atoms. The van der Waals surface area contributed by atoms with Crippen LogP contribution in [0.4, 0.5) is 0 Å². The second-order valence-electron chi connectivity index (χ2n) is 12.4. The third-order valence-corrected chi connectivity index (χ3v) is 11.0. The Hall–Kier alpha value is -2.07. The summed E-state index contributed by atoms with van der Waals surface area (Å²) in [6.45, 7) is 11.5. The minimum atomic E-state index is -3.94. The van der Waals surface area contributed by atoms with E-state index in [9.17, 15) is 23.1 Å². The van der Waals surface area contributed by atoms with Crippen molar-refractivity contribution in [3.05, 3.63) is 39.5 Å². The number of sulfonamides is 1. The van der Waals surface area contributed by atoms with E-state index in [1.54, 1.807) is 39.8 Å². The predicted octanol–water partition coefficient (Wildman–Crippen LogP) is 7.05. The number of halogens is 2. The molecule has 1 aliphatic carbocycles. The maximum absolute atomic E-state index is 13.3. The molecule has 1 fully saturated rings.